The quantitative estimate of drug-likeness (QED) is 0.354. The first-order valence-electron chi connectivity index (χ1n) is 3.83. The van der Waals surface area contributed by atoms with Gasteiger partial charge >= 0.3 is 0 Å². The monoisotopic (exact) mass is 218 g/mol. The molecule has 0 aliphatic carbocycles. The van der Waals surface area contributed by atoms with E-state index in [-0.39, 0.29) is 10.6 Å². The van der Waals surface area contributed by atoms with Gasteiger partial charge in [0.1, 0.15) is 11.6 Å². The van der Waals surface area contributed by atoms with Crippen LogP contribution in [0.4, 0.5) is 8.78 Å². The Morgan fingerprint density at radius 3 is 2.57 bits per heavy atom. The predicted octanol–water partition coefficient (Wildman–Crippen LogP) is 2.31. The maximum atomic E-state index is 13.3. The summed E-state index contributed by atoms with van der Waals surface area (Å²) < 4.78 is 26.3. The topological polar surface area (TPSA) is 38.0 Å². The molecular formula is C9H9ClF2N2. The Kier molecular flexibility index (Phi) is 3.57. The third-order valence-corrected chi connectivity index (χ3v) is 2.08. The summed E-state index contributed by atoms with van der Waals surface area (Å²) in [5.74, 6) is 3.81. The lowest BCUT2D eigenvalue weighted by Crippen LogP contribution is -2.27. The van der Waals surface area contributed by atoms with Gasteiger partial charge in [-0.3, -0.25) is 5.84 Å². The first-order valence-corrected chi connectivity index (χ1v) is 4.21. The van der Waals surface area contributed by atoms with Gasteiger partial charge in [0.2, 0.25) is 0 Å². The molecule has 14 heavy (non-hydrogen) atoms. The van der Waals surface area contributed by atoms with Crippen molar-refractivity contribution in [3.05, 3.63) is 47.0 Å². The molecule has 0 bridgehead atoms. The van der Waals surface area contributed by atoms with Crippen LogP contribution in [0.3, 0.4) is 0 Å². The fraction of sp³-hybridized carbons (Fsp3) is 0.111. The highest BCUT2D eigenvalue weighted by atomic mass is 35.5. The van der Waals surface area contributed by atoms with Crippen molar-refractivity contribution in [3.63, 3.8) is 0 Å². The van der Waals surface area contributed by atoms with E-state index in [1.54, 1.807) is 0 Å². The van der Waals surface area contributed by atoms with Crippen molar-refractivity contribution in [2.24, 2.45) is 5.84 Å². The Morgan fingerprint density at radius 1 is 1.43 bits per heavy atom. The third kappa shape index (κ3) is 2.09. The van der Waals surface area contributed by atoms with E-state index in [9.17, 15) is 8.78 Å². The summed E-state index contributed by atoms with van der Waals surface area (Å²) in [6.07, 6.45) is 1.37. The first-order chi connectivity index (χ1) is 6.60. The Hall–Kier alpha value is -0.970. The average Bonchev–Trinajstić information content (AvgIpc) is 2.15. The van der Waals surface area contributed by atoms with Gasteiger partial charge in [0.15, 0.2) is 0 Å². The molecule has 0 radical (unpaired) electrons. The average molecular weight is 219 g/mol. The van der Waals surface area contributed by atoms with E-state index >= 15 is 0 Å². The molecule has 0 aliphatic heterocycles. The van der Waals surface area contributed by atoms with E-state index in [2.05, 4.69) is 12.0 Å². The Labute approximate surface area is 85.3 Å². The van der Waals surface area contributed by atoms with Crippen molar-refractivity contribution in [3.8, 4) is 0 Å². The molecular weight excluding hydrogens is 210 g/mol. The summed E-state index contributed by atoms with van der Waals surface area (Å²) in [4.78, 5) is 0. The van der Waals surface area contributed by atoms with E-state index in [1.165, 1.54) is 6.08 Å². The molecule has 76 valence electrons. The summed E-state index contributed by atoms with van der Waals surface area (Å²) in [6.45, 7) is 3.44. The normalized spacial score (nSPS) is 12.6. The van der Waals surface area contributed by atoms with Crippen LogP contribution >= 0.6 is 11.6 Å². The van der Waals surface area contributed by atoms with Crippen LogP contribution in [0.25, 0.3) is 0 Å². The van der Waals surface area contributed by atoms with Gasteiger partial charge in [-0.1, -0.05) is 17.7 Å². The molecule has 0 saturated carbocycles. The molecule has 0 aliphatic rings. The number of nitrogens with two attached hydrogens (primary N) is 1. The Bertz CT molecular complexity index is 355. The maximum Gasteiger partial charge on any atom is 0.142 e. The minimum atomic E-state index is -0.690. The van der Waals surface area contributed by atoms with Crippen LogP contribution < -0.4 is 11.3 Å². The number of hydrogen-bond donors (Lipinski definition) is 2. The highest BCUT2D eigenvalue weighted by molar-refractivity contribution is 6.30. The predicted molar refractivity (Wildman–Crippen MR) is 51.6 cm³/mol. The van der Waals surface area contributed by atoms with Crippen molar-refractivity contribution in [1.82, 2.24) is 5.43 Å². The van der Waals surface area contributed by atoms with E-state index in [4.69, 9.17) is 17.4 Å². The molecule has 0 heterocycles. The van der Waals surface area contributed by atoms with Crippen molar-refractivity contribution < 1.29 is 8.78 Å². The zero-order valence-corrected chi connectivity index (χ0v) is 7.98. The molecule has 3 N–H and O–H groups in total. The molecule has 0 aromatic heterocycles. The second-order valence-corrected chi connectivity index (χ2v) is 3.08. The minimum absolute atomic E-state index is 0.0735. The van der Waals surface area contributed by atoms with Crippen molar-refractivity contribution >= 4 is 11.6 Å². The van der Waals surface area contributed by atoms with Gasteiger partial charge in [0.05, 0.1) is 11.1 Å². The summed E-state index contributed by atoms with van der Waals surface area (Å²) >= 11 is 5.38. The molecule has 1 aromatic rings. The highest BCUT2D eigenvalue weighted by Gasteiger charge is 2.14. The van der Waals surface area contributed by atoms with Gasteiger partial charge in [0, 0.05) is 5.56 Å². The van der Waals surface area contributed by atoms with Gasteiger partial charge in [0.25, 0.3) is 0 Å². The molecule has 0 fully saturated rings. The minimum Gasteiger partial charge on any atom is -0.271 e. The van der Waals surface area contributed by atoms with Crippen molar-refractivity contribution in [2.75, 3.05) is 0 Å². The summed E-state index contributed by atoms with van der Waals surface area (Å²) in [5, 5.41) is -0.258. The van der Waals surface area contributed by atoms with Crippen LogP contribution in [0.15, 0.2) is 24.8 Å². The van der Waals surface area contributed by atoms with Gasteiger partial charge in [-0.05, 0) is 12.1 Å². The zero-order valence-electron chi connectivity index (χ0n) is 7.23. The SMILES string of the molecule is C=CC(NN)c1cc(F)c(Cl)cc1F. The standard InChI is InChI=1S/C9H9ClF2N2/c1-2-9(14-13)5-3-8(12)6(10)4-7(5)11/h2-4,9,14H,1,13H2. The summed E-state index contributed by atoms with van der Waals surface area (Å²) in [7, 11) is 0. The van der Waals surface area contributed by atoms with E-state index in [0.717, 1.165) is 12.1 Å². The van der Waals surface area contributed by atoms with Crippen LogP contribution in [0.5, 0.6) is 0 Å². The van der Waals surface area contributed by atoms with Gasteiger partial charge in [-0.2, -0.15) is 0 Å². The number of hydrazine groups is 1. The number of rotatable bonds is 3. The second-order valence-electron chi connectivity index (χ2n) is 2.67. The number of halogens is 3. The van der Waals surface area contributed by atoms with Gasteiger partial charge < -0.3 is 0 Å². The molecule has 5 heteroatoms. The fourth-order valence-corrected chi connectivity index (χ4v) is 1.21. The molecule has 1 aromatic carbocycles. The molecule has 0 saturated heterocycles. The van der Waals surface area contributed by atoms with Crippen molar-refractivity contribution in [2.45, 2.75) is 6.04 Å². The van der Waals surface area contributed by atoms with Gasteiger partial charge in [-0.25, -0.2) is 14.2 Å². The number of nitrogens with one attached hydrogen (secondary N) is 1. The molecule has 2 nitrogen and oxygen atoms in total. The Morgan fingerprint density at radius 2 is 2.07 bits per heavy atom. The second kappa shape index (κ2) is 4.50. The van der Waals surface area contributed by atoms with Crippen LogP contribution in [0.2, 0.25) is 5.02 Å². The molecule has 1 atom stereocenters. The lowest BCUT2D eigenvalue weighted by atomic mass is 10.1. The molecule has 1 rings (SSSR count). The van der Waals surface area contributed by atoms with E-state index in [1.807, 2.05) is 0 Å². The van der Waals surface area contributed by atoms with Crippen LogP contribution in [-0.2, 0) is 0 Å². The highest BCUT2D eigenvalue weighted by Crippen LogP contribution is 2.23. The summed E-state index contributed by atoms with van der Waals surface area (Å²) in [5.41, 5.74) is 2.36. The van der Waals surface area contributed by atoms with Crippen molar-refractivity contribution in [1.29, 1.82) is 0 Å². The Balaban J connectivity index is 3.20. The first kappa shape index (κ1) is 11.1. The lowest BCUT2D eigenvalue weighted by molar-refractivity contribution is 0.552. The number of benzene rings is 1. The summed E-state index contributed by atoms with van der Waals surface area (Å²) in [6, 6.07) is 1.26. The maximum absolute atomic E-state index is 13.3. The zero-order chi connectivity index (χ0) is 10.7. The van der Waals surface area contributed by atoms with Crippen LogP contribution in [0, 0.1) is 11.6 Å². The lowest BCUT2D eigenvalue weighted by Gasteiger charge is -2.12. The van der Waals surface area contributed by atoms with Crippen LogP contribution in [0.1, 0.15) is 11.6 Å². The molecule has 0 spiro atoms. The van der Waals surface area contributed by atoms with E-state index in [0.29, 0.717) is 0 Å². The molecule has 1 unspecified atom stereocenters. The van der Waals surface area contributed by atoms with Gasteiger partial charge in [-0.15, -0.1) is 6.58 Å². The number of hydrogen-bond acceptors (Lipinski definition) is 2. The van der Waals surface area contributed by atoms with E-state index < -0.39 is 17.7 Å². The van der Waals surface area contributed by atoms with Crippen LogP contribution in [-0.4, -0.2) is 0 Å². The molecule has 0 amide bonds. The largest absolute Gasteiger partial charge is 0.271 e. The third-order valence-electron chi connectivity index (χ3n) is 1.79. The fourth-order valence-electron chi connectivity index (χ4n) is 1.06. The smallest absolute Gasteiger partial charge is 0.142 e.